The molecule has 1 heterocycles. The molecule has 2 aromatic rings. The first kappa shape index (κ1) is 23.4. The van der Waals surface area contributed by atoms with Crippen molar-refractivity contribution < 1.29 is 8.42 Å². The number of sulfone groups is 1. The van der Waals surface area contributed by atoms with Crippen LogP contribution in [-0.2, 0) is 16.4 Å². The maximum Gasteiger partial charge on any atom is 0.191 e. The van der Waals surface area contributed by atoms with Gasteiger partial charge in [0.25, 0.3) is 0 Å². The molecule has 6 nitrogen and oxygen atoms in total. The van der Waals surface area contributed by atoms with Gasteiger partial charge in [0.2, 0.25) is 0 Å². The first-order chi connectivity index (χ1) is 12.5. The highest BCUT2D eigenvalue weighted by molar-refractivity contribution is 14.0. The number of guanidine groups is 1. The Hall–Kier alpha value is -1.68. The second-order valence-corrected chi connectivity index (χ2v) is 7.89. The van der Waals surface area contributed by atoms with Crippen LogP contribution < -0.4 is 10.6 Å². The van der Waals surface area contributed by atoms with E-state index >= 15 is 0 Å². The molecule has 0 amide bonds. The summed E-state index contributed by atoms with van der Waals surface area (Å²) in [7, 11) is -3.36. The molecule has 2 N–H and O–H groups in total. The molecule has 0 fully saturated rings. The van der Waals surface area contributed by atoms with E-state index in [1.165, 1.54) is 0 Å². The largest absolute Gasteiger partial charge is 0.357 e. The topological polar surface area (TPSA) is 83.4 Å². The first-order valence-corrected chi connectivity index (χ1v) is 10.4. The van der Waals surface area contributed by atoms with Crippen molar-refractivity contribution in [1.29, 1.82) is 0 Å². The molecule has 1 atom stereocenters. The molecule has 0 radical (unpaired) electrons. The molecular weight excluding hydrogens is 475 g/mol. The SMILES string of the molecule is CCNC(=NCc1ccccn1)NC(CC)CS(=O)(=O)c1ccccc1.I. The van der Waals surface area contributed by atoms with Crippen LogP contribution in [-0.4, -0.2) is 37.7 Å². The highest BCUT2D eigenvalue weighted by Crippen LogP contribution is 2.12. The second-order valence-electron chi connectivity index (χ2n) is 5.86. The number of halogens is 1. The quantitative estimate of drug-likeness (QED) is 0.330. The van der Waals surface area contributed by atoms with Crippen molar-refractivity contribution in [3.05, 3.63) is 60.4 Å². The number of nitrogens with zero attached hydrogens (tertiary/aromatic N) is 2. The van der Waals surface area contributed by atoms with Crippen LogP contribution in [0.1, 0.15) is 26.0 Å². The van der Waals surface area contributed by atoms with Crippen molar-refractivity contribution >= 4 is 39.8 Å². The number of pyridine rings is 1. The van der Waals surface area contributed by atoms with Gasteiger partial charge in [-0.1, -0.05) is 31.2 Å². The van der Waals surface area contributed by atoms with E-state index < -0.39 is 9.84 Å². The molecule has 0 saturated carbocycles. The van der Waals surface area contributed by atoms with Crippen molar-refractivity contribution in [2.75, 3.05) is 12.3 Å². The molecule has 2 rings (SSSR count). The maximum atomic E-state index is 12.6. The lowest BCUT2D eigenvalue weighted by Gasteiger charge is -2.20. The Morgan fingerprint density at radius 1 is 1.11 bits per heavy atom. The summed E-state index contributed by atoms with van der Waals surface area (Å²) in [5.74, 6) is 0.606. The molecule has 8 heteroatoms. The molecule has 0 bridgehead atoms. The zero-order valence-corrected chi connectivity index (χ0v) is 18.8. The summed E-state index contributed by atoms with van der Waals surface area (Å²) in [6, 6.07) is 14.0. The van der Waals surface area contributed by atoms with E-state index in [-0.39, 0.29) is 35.8 Å². The zero-order valence-electron chi connectivity index (χ0n) is 15.6. The smallest absolute Gasteiger partial charge is 0.191 e. The van der Waals surface area contributed by atoms with E-state index in [2.05, 4.69) is 20.6 Å². The van der Waals surface area contributed by atoms with Gasteiger partial charge in [-0.05, 0) is 37.6 Å². The van der Waals surface area contributed by atoms with Gasteiger partial charge in [0, 0.05) is 18.8 Å². The minimum absolute atomic E-state index is 0. The van der Waals surface area contributed by atoms with Gasteiger partial charge in [-0.3, -0.25) is 4.98 Å². The van der Waals surface area contributed by atoms with Crippen molar-refractivity contribution in [1.82, 2.24) is 15.6 Å². The molecule has 1 aromatic carbocycles. The van der Waals surface area contributed by atoms with Gasteiger partial charge in [-0.25, -0.2) is 13.4 Å². The Morgan fingerprint density at radius 2 is 1.81 bits per heavy atom. The molecule has 1 unspecified atom stereocenters. The van der Waals surface area contributed by atoms with E-state index in [4.69, 9.17) is 0 Å². The third-order valence-electron chi connectivity index (χ3n) is 3.83. The Balaban J connectivity index is 0.00000364. The average Bonchev–Trinajstić information content (AvgIpc) is 2.67. The average molecular weight is 502 g/mol. The normalized spacial score (nSPS) is 12.7. The molecule has 0 spiro atoms. The van der Waals surface area contributed by atoms with E-state index in [0.717, 1.165) is 5.69 Å². The number of nitrogens with one attached hydrogen (secondary N) is 2. The zero-order chi connectivity index (χ0) is 18.8. The summed E-state index contributed by atoms with van der Waals surface area (Å²) in [6.07, 6.45) is 2.40. The van der Waals surface area contributed by atoms with Crippen molar-refractivity contribution in [3.8, 4) is 0 Å². The van der Waals surface area contributed by atoms with Crippen LogP contribution in [0.5, 0.6) is 0 Å². The van der Waals surface area contributed by atoms with Crippen LogP contribution in [0.3, 0.4) is 0 Å². The molecule has 0 aliphatic heterocycles. The summed E-state index contributed by atoms with van der Waals surface area (Å²) in [5, 5.41) is 6.39. The molecule has 0 saturated heterocycles. The summed E-state index contributed by atoms with van der Waals surface area (Å²) >= 11 is 0. The second kappa shape index (κ2) is 11.9. The predicted molar refractivity (Wildman–Crippen MR) is 120 cm³/mol. The lowest BCUT2D eigenvalue weighted by molar-refractivity contribution is 0.569. The Morgan fingerprint density at radius 3 is 2.41 bits per heavy atom. The Labute approximate surface area is 178 Å². The van der Waals surface area contributed by atoms with Crippen LogP contribution in [0.2, 0.25) is 0 Å². The maximum absolute atomic E-state index is 12.6. The number of aliphatic imine (C=N–C) groups is 1. The fraction of sp³-hybridized carbons (Fsp3) is 0.368. The van der Waals surface area contributed by atoms with E-state index in [0.29, 0.717) is 30.4 Å². The van der Waals surface area contributed by atoms with E-state index in [1.807, 2.05) is 38.1 Å². The summed E-state index contributed by atoms with van der Waals surface area (Å²) < 4.78 is 25.2. The number of benzene rings is 1. The highest BCUT2D eigenvalue weighted by atomic mass is 127. The predicted octanol–water partition coefficient (Wildman–Crippen LogP) is 3.01. The van der Waals surface area contributed by atoms with Gasteiger partial charge in [0.05, 0.1) is 22.9 Å². The van der Waals surface area contributed by atoms with Gasteiger partial charge in [-0.2, -0.15) is 0 Å². The lowest BCUT2D eigenvalue weighted by atomic mass is 10.2. The van der Waals surface area contributed by atoms with Crippen LogP contribution in [0, 0.1) is 0 Å². The monoisotopic (exact) mass is 502 g/mol. The van der Waals surface area contributed by atoms with Gasteiger partial charge in [0.15, 0.2) is 15.8 Å². The first-order valence-electron chi connectivity index (χ1n) is 8.77. The van der Waals surface area contributed by atoms with Crippen LogP contribution in [0.4, 0.5) is 0 Å². The van der Waals surface area contributed by atoms with Crippen molar-refractivity contribution in [3.63, 3.8) is 0 Å². The van der Waals surface area contributed by atoms with Gasteiger partial charge < -0.3 is 10.6 Å². The van der Waals surface area contributed by atoms with Crippen LogP contribution in [0.25, 0.3) is 0 Å². The van der Waals surface area contributed by atoms with Crippen molar-refractivity contribution in [2.45, 2.75) is 37.8 Å². The molecule has 27 heavy (non-hydrogen) atoms. The Bertz CT molecular complexity index is 799. The molecule has 1 aromatic heterocycles. The Kier molecular flexibility index (Phi) is 10.3. The molecule has 0 aliphatic rings. The lowest BCUT2D eigenvalue weighted by Crippen LogP contribution is -2.46. The number of aromatic nitrogens is 1. The molecular formula is C19H27IN4O2S. The molecule has 0 aliphatic carbocycles. The van der Waals surface area contributed by atoms with Gasteiger partial charge in [0.1, 0.15) is 0 Å². The van der Waals surface area contributed by atoms with Crippen LogP contribution >= 0.6 is 24.0 Å². The standard InChI is InChI=1S/C19H26N4O2S.HI/c1-3-16(15-26(24,25)18-11-6-5-7-12-18)23-19(20-4-2)22-14-17-10-8-9-13-21-17;/h5-13,16H,3-4,14-15H2,1-2H3,(H2,20,22,23);1H. The number of hydrogen-bond donors (Lipinski definition) is 2. The van der Waals surface area contributed by atoms with Gasteiger partial charge >= 0.3 is 0 Å². The fourth-order valence-electron chi connectivity index (χ4n) is 2.42. The minimum Gasteiger partial charge on any atom is -0.357 e. The van der Waals surface area contributed by atoms with Gasteiger partial charge in [-0.15, -0.1) is 24.0 Å². The summed E-state index contributed by atoms with van der Waals surface area (Å²) in [4.78, 5) is 9.11. The summed E-state index contributed by atoms with van der Waals surface area (Å²) in [5.41, 5.74) is 0.856. The highest BCUT2D eigenvalue weighted by Gasteiger charge is 2.20. The molecule has 148 valence electrons. The van der Waals surface area contributed by atoms with Crippen LogP contribution in [0.15, 0.2) is 64.6 Å². The minimum atomic E-state index is -3.36. The van der Waals surface area contributed by atoms with Crippen molar-refractivity contribution in [2.24, 2.45) is 4.99 Å². The van der Waals surface area contributed by atoms with E-state index in [1.54, 1.807) is 30.5 Å². The number of rotatable bonds is 8. The fourth-order valence-corrected chi connectivity index (χ4v) is 4.03. The third kappa shape index (κ3) is 7.84. The van der Waals surface area contributed by atoms with E-state index in [9.17, 15) is 8.42 Å². The summed E-state index contributed by atoms with van der Waals surface area (Å²) in [6.45, 7) is 5.05. The third-order valence-corrected chi connectivity index (χ3v) is 5.66. The number of hydrogen-bond acceptors (Lipinski definition) is 4.